The molecule has 1 N–H and O–H groups in total. The van der Waals surface area contributed by atoms with Crippen molar-refractivity contribution in [2.24, 2.45) is 0 Å². The van der Waals surface area contributed by atoms with Crippen molar-refractivity contribution < 1.29 is 23.8 Å². The number of hydrogen-bond acceptors (Lipinski definition) is 4. The van der Waals surface area contributed by atoms with E-state index >= 15 is 0 Å². The molecule has 0 aliphatic carbocycles. The number of carbonyl (C=O) groups excluding carboxylic acids is 1. The molecule has 1 aromatic heterocycles. The van der Waals surface area contributed by atoms with Gasteiger partial charge in [0, 0.05) is 17.0 Å². The number of carbonyl (C=O) groups is 2. The van der Waals surface area contributed by atoms with Gasteiger partial charge in [-0.15, -0.1) is 0 Å². The van der Waals surface area contributed by atoms with Crippen LogP contribution in [-0.2, 0) is 9.53 Å². The van der Waals surface area contributed by atoms with Crippen LogP contribution in [0.15, 0.2) is 40.8 Å². The third kappa shape index (κ3) is 3.06. The summed E-state index contributed by atoms with van der Waals surface area (Å²) in [5, 5.41) is 8.78. The summed E-state index contributed by atoms with van der Waals surface area (Å²) < 4.78 is 9.58. The predicted molar refractivity (Wildman–Crippen MR) is 70.0 cm³/mol. The van der Waals surface area contributed by atoms with Crippen LogP contribution in [-0.4, -0.2) is 24.2 Å². The van der Waals surface area contributed by atoms with Crippen LogP contribution in [0, 0.1) is 11.8 Å². The van der Waals surface area contributed by atoms with Crippen LogP contribution in [0.4, 0.5) is 0 Å². The van der Waals surface area contributed by atoms with Gasteiger partial charge in [0.1, 0.15) is 5.76 Å². The van der Waals surface area contributed by atoms with Gasteiger partial charge >= 0.3 is 11.9 Å². The summed E-state index contributed by atoms with van der Waals surface area (Å²) >= 11 is 0. The number of esters is 1. The minimum Gasteiger partial charge on any atom is -0.475 e. The van der Waals surface area contributed by atoms with Gasteiger partial charge in [-0.05, 0) is 24.3 Å². The van der Waals surface area contributed by atoms with Gasteiger partial charge in [0.15, 0.2) is 0 Å². The van der Waals surface area contributed by atoms with Crippen LogP contribution in [0.1, 0.15) is 16.1 Å². The molecule has 0 aliphatic heterocycles. The van der Waals surface area contributed by atoms with Crippen molar-refractivity contribution in [2.75, 3.05) is 7.11 Å². The Bertz CT molecular complexity index is 698. The molecule has 0 bridgehead atoms. The molecule has 1 heterocycles. The lowest BCUT2D eigenvalue weighted by Gasteiger charge is -1.97. The summed E-state index contributed by atoms with van der Waals surface area (Å²) in [6.07, 6.45) is 0. The highest BCUT2D eigenvalue weighted by molar-refractivity contribution is 5.89. The van der Waals surface area contributed by atoms with E-state index in [9.17, 15) is 9.59 Å². The molecule has 5 nitrogen and oxygen atoms in total. The summed E-state index contributed by atoms with van der Waals surface area (Å²) in [5.74, 6) is 3.58. The van der Waals surface area contributed by atoms with Crippen molar-refractivity contribution in [2.45, 2.75) is 0 Å². The first-order valence-corrected chi connectivity index (χ1v) is 5.63. The topological polar surface area (TPSA) is 76.7 Å². The largest absolute Gasteiger partial charge is 0.475 e. The van der Waals surface area contributed by atoms with Gasteiger partial charge in [-0.25, -0.2) is 9.59 Å². The summed E-state index contributed by atoms with van der Waals surface area (Å²) in [5.41, 5.74) is 1.37. The Morgan fingerprint density at radius 2 is 1.85 bits per heavy atom. The maximum absolute atomic E-state index is 10.9. The summed E-state index contributed by atoms with van der Waals surface area (Å²) in [7, 11) is 1.26. The lowest BCUT2D eigenvalue weighted by Crippen LogP contribution is -1.94. The molecule has 0 aliphatic rings. The highest BCUT2D eigenvalue weighted by Gasteiger charge is 2.09. The van der Waals surface area contributed by atoms with Gasteiger partial charge in [-0.1, -0.05) is 18.1 Å². The van der Waals surface area contributed by atoms with Crippen LogP contribution >= 0.6 is 0 Å². The normalized spacial score (nSPS) is 9.45. The molecule has 0 atom stereocenters. The molecule has 1 aromatic carbocycles. The third-order valence-electron chi connectivity index (χ3n) is 2.48. The van der Waals surface area contributed by atoms with Crippen LogP contribution in [0.3, 0.4) is 0 Å². The fourth-order valence-electron chi connectivity index (χ4n) is 1.50. The van der Waals surface area contributed by atoms with Crippen LogP contribution < -0.4 is 0 Å². The minimum absolute atomic E-state index is 0.116. The van der Waals surface area contributed by atoms with E-state index in [1.807, 2.05) is 0 Å². The predicted octanol–water partition coefficient (Wildman–Crippen LogP) is 2.17. The first kappa shape index (κ1) is 13.4. The Kier molecular flexibility index (Phi) is 3.87. The van der Waals surface area contributed by atoms with Crippen molar-refractivity contribution in [1.29, 1.82) is 0 Å². The van der Waals surface area contributed by atoms with Gasteiger partial charge in [0.05, 0.1) is 7.11 Å². The fraction of sp³-hybridized carbons (Fsp3) is 0.0667. The highest BCUT2D eigenvalue weighted by Crippen LogP contribution is 2.22. The molecule has 0 spiro atoms. The SMILES string of the molecule is COC(=O)C#Cc1ccc(-c2ccc(C(=O)O)o2)cc1. The van der Waals surface area contributed by atoms with Crippen LogP contribution in [0.2, 0.25) is 0 Å². The lowest BCUT2D eigenvalue weighted by atomic mass is 10.1. The zero-order valence-electron chi connectivity index (χ0n) is 10.5. The lowest BCUT2D eigenvalue weighted by molar-refractivity contribution is -0.133. The summed E-state index contributed by atoms with van der Waals surface area (Å²) in [6, 6.07) is 9.83. The van der Waals surface area contributed by atoms with E-state index in [1.165, 1.54) is 13.2 Å². The monoisotopic (exact) mass is 270 g/mol. The molecule has 20 heavy (non-hydrogen) atoms. The molecule has 5 heteroatoms. The highest BCUT2D eigenvalue weighted by atomic mass is 16.5. The second kappa shape index (κ2) is 5.76. The molecule has 0 unspecified atom stereocenters. The fourth-order valence-corrected chi connectivity index (χ4v) is 1.50. The van der Waals surface area contributed by atoms with E-state index in [2.05, 4.69) is 16.6 Å². The zero-order valence-corrected chi connectivity index (χ0v) is 10.5. The van der Waals surface area contributed by atoms with Crippen molar-refractivity contribution >= 4 is 11.9 Å². The van der Waals surface area contributed by atoms with Crippen molar-refractivity contribution in [3.05, 3.63) is 47.7 Å². The van der Waals surface area contributed by atoms with E-state index in [0.717, 1.165) is 5.56 Å². The number of rotatable bonds is 2. The molecule has 100 valence electrons. The number of hydrogen-bond donors (Lipinski definition) is 1. The Morgan fingerprint density at radius 1 is 1.15 bits per heavy atom. The quantitative estimate of drug-likeness (QED) is 0.668. The number of carboxylic acid groups (broad SMARTS) is 1. The number of ether oxygens (including phenoxy) is 1. The van der Waals surface area contributed by atoms with Gasteiger partial charge in [0.25, 0.3) is 0 Å². The van der Waals surface area contributed by atoms with Crippen LogP contribution in [0.25, 0.3) is 11.3 Å². The summed E-state index contributed by atoms with van der Waals surface area (Å²) in [6.45, 7) is 0. The zero-order chi connectivity index (χ0) is 14.5. The molecule has 2 rings (SSSR count). The van der Waals surface area contributed by atoms with Crippen molar-refractivity contribution in [3.63, 3.8) is 0 Å². The first-order chi connectivity index (χ1) is 9.60. The van der Waals surface area contributed by atoms with Crippen molar-refractivity contribution in [1.82, 2.24) is 0 Å². The standard InChI is InChI=1S/C15H10O5/c1-19-14(16)9-4-10-2-5-11(6-3-10)12-7-8-13(20-12)15(17)18/h2-3,5-8H,1H3,(H,17,18). The molecular weight excluding hydrogens is 260 g/mol. The number of methoxy groups -OCH3 is 1. The Morgan fingerprint density at radius 3 is 2.40 bits per heavy atom. The Labute approximate surface area is 114 Å². The molecular formula is C15H10O5. The van der Waals surface area contributed by atoms with E-state index in [0.29, 0.717) is 11.3 Å². The number of furan rings is 1. The number of benzene rings is 1. The van der Waals surface area contributed by atoms with Gasteiger partial charge in [0.2, 0.25) is 5.76 Å². The molecule has 2 aromatic rings. The average molecular weight is 270 g/mol. The maximum atomic E-state index is 10.9. The average Bonchev–Trinajstić information content (AvgIpc) is 2.95. The second-order valence-electron chi connectivity index (χ2n) is 3.79. The Balaban J connectivity index is 2.20. The van der Waals surface area contributed by atoms with Gasteiger partial charge < -0.3 is 14.3 Å². The maximum Gasteiger partial charge on any atom is 0.384 e. The first-order valence-electron chi connectivity index (χ1n) is 5.63. The minimum atomic E-state index is -1.11. The summed E-state index contributed by atoms with van der Waals surface area (Å²) in [4.78, 5) is 21.6. The van der Waals surface area contributed by atoms with Gasteiger partial charge in [-0.3, -0.25) is 0 Å². The molecule has 0 fully saturated rings. The number of aromatic carboxylic acids is 1. The second-order valence-corrected chi connectivity index (χ2v) is 3.79. The Hall–Kier alpha value is -3.00. The number of carboxylic acids is 1. The molecule has 0 amide bonds. The van der Waals surface area contributed by atoms with Crippen molar-refractivity contribution in [3.8, 4) is 23.2 Å². The molecule has 0 radical (unpaired) electrons. The van der Waals surface area contributed by atoms with Crippen LogP contribution in [0.5, 0.6) is 0 Å². The van der Waals surface area contributed by atoms with E-state index in [4.69, 9.17) is 9.52 Å². The van der Waals surface area contributed by atoms with E-state index in [-0.39, 0.29) is 5.76 Å². The van der Waals surface area contributed by atoms with E-state index < -0.39 is 11.9 Å². The molecule has 0 saturated heterocycles. The molecule has 0 saturated carbocycles. The third-order valence-corrected chi connectivity index (χ3v) is 2.48. The smallest absolute Gasteiger partial charge is 0.384 e. The van der Waals surface area contributed by atoms with E-state index in [1.54, 1.807) is 30.3 Å². The van der Waals surface area contributed by atoms with Gasteiger partial charge in [-0.2, -0.15) is 0 Å².